The summed E-state index contributed by atoms with van der Waals surface area (Å²) in [5, 5.41) is 5.63. The van der Waals surface area contributed by atoms with Crippen LogP contribution in [-0.2, 0) is 14.3 Å². The van der Waals surface area contributed by atoms with Crippen molar-refractivity contribution in [2.24, 2.45) is 10.8 Å². The molecule has 0 heterocycles. The number of nitrogens with one attached hydrogen (secondary N) is 2. The lowest BCUT2D eigenvalue weighted by atomic mass is 9.56. The highest BCUT2D eigenvalue weighted by molar-refractivity contribution is 5.87. The lowest BCUT2D eigenvalue weighted by molar-refractivity contribution is -0.182. The van der Waals surface area contributed by atoms with E-state index in [4.69, 9.17) is 4.74 Å². The molecular weight excluding hydrogens is 256 g/mol. The van der Waals surface area contributed by atoms with Crippen molar-refractivity contribution in [3.05, 3.63) is 0 Å². The predicted octanol–water partition coefficient (Wildman–Crippen LogP) is 1.47. The maximum absolute atomic E-state index is 11.9. The summed E-state index contributed by atoms with van der Waals surface area (Å²) < 4.78 is 5.52. The van der Waals surface area contributed by atoms with Gasteiger partial charge in [0.15, 0.2) is 0 Å². The minimum Gasteiger partial charge on any atom is -0.378 e. The molecule has 2 atom stereocenters. The van der Waals surface area contributed by atoms with Gasteiger partial charge in [0, 0.05) is 24.0 Å². The van der Waals surface area contributed by atoms with E-state index in [1.807, 2.05) is 20.8 Å². The Hall–Kier alpha value is -1.10. The summed E-state index contributed by atoms with van der Waals surface area (Å²) in [5.74, 6) is -0.277. The van der Waals surface area contributed by atoms with Crippen LogP contribution < -0.4 is 10.6 Å². The third-order valence-electron chi connectivity index (χ3n) is 4.70. The van der Waals surface area contributed by atoms with E-state index in [9.17, 15) is 9.59 Å². The zero-order valence-corrected chi connectivity index (χ0v) is 13.7. The highest BCUT2D eigenvalue weighted by Crippen LogP contribution is 2.51. The Bertz CT molecular complexity index is 398. The molecule has 0 aromatic heterocycles. The van der Waals surface area contributed by atoms with E-state index in [2.05, 4.69) is 31.4 Å². The average Bonchev–Trinajstić information content (AvgIpc) is 2.33. The zero-order valence-electron chi connectivity index (χ0n) is 13.7. The van der Waals surface area contributed by atoms with E-state index in [-0.39, 0.29) is 35.4 Å². The Balaban J connectivity index is 2.44. The molecule has 0 radical (unpaired) electrons. The molecule has 1 aliphatic rings. The Morgan fingerprint density at radius 3 is 2.20 bits per heavy atom. The van der Waals surface area contributed by atoms with Gasteiger partial charge in [0.25, 0.3) is 0 Å². The first-order valence-corrected chi connectivity index (χ1v) is 7.07. The Kier molecular flexibility index (Phi) is 4.54. The number of carbonyl (C=O) groups is 2. The second-order valence-corrected chi connectivity index (χ2v) is 7.41. The summed E-state index contributed by atoms with van der Waals surface area (Å²) in [4.78, 5) is 23.6. The Morgan fingerprint density at radius 2 is 1.80 bits per heavy atom. The molecule has 2 amide bonds. The average molecular weight is 284 g/mol. The minimum absolute atomic E-state index is 0.0202. The SMILES string of the molecule is CO[C@]1(C)C[C@H](NC(=O)CNC(=O)C(C)(C)C)C1(C)C. The van der Waals surface area contributed by atoms with Gasteiger partial charge in [0.05, 0.1) is 12.1 Å². The molecule has 0 aromatic carbocycles. The molecule has 20 heavy (non-hydrogen) atoms. The highest BCUT2D eigenvalue weighted by Gasteiger charge is 2.58. The van der Waals surface area contributed by atoms with Crippen LogP contribution in [0.3, 0.4) is 0 Å². The molecule has 1 aliphatic carbocycles. The van der Waals surface area contributed by atoms with Crippen molar-refractivity contribution in [2.75, 3.05) is 13.7 Å². The first-order chi connectivity index (χ1) is 8.94. The number of rotatable bonds is 4. The van der Waals surface area contributed by atoms with Gasteiger partial charge < -0.3 is 15.4 Å². The van der Waals surface area contributed by atoms with Crippen molar-refractivity contribution in [3.63, 3.8) is 0 Å². The van der Waals surface area contributed by atoms with Crippen LogP contribution in [0.15, 0.2) is 0 Å². The van der Waals surface area contributed by atoms with Gasteiger partial charge in [0.1, 0.15) is 0 Å². The van der Waals surface area contributed by atoms with Crippen molar-refractivity contribution in [3.8, 4) is 0 Å². The van der Waals surface area contributed by atoms with Crippen LogP contribution in [0.1, 0.15) is 48.0 Å². The van der Waals surface area contributed by atoms with E-state index in [0.29, 0.717) is 0 Å². The van der Waals surface area contributed by atoms with Crippen LogP contribution in [0.2, 0.25) is 0 Å². The second kappa shape index (κ2) is 5.35. The fourth-order valence-corrected chi connectivity index (χ4v) is 2.39. The molecule has 5 heteroatoms. The Morgan fingerprint density at radius 1 is 1.25 bits per heavy atom. The van der Waals surface area contributed by atoms with E-state index in [0.717, 1.165) is 6.42 Å². The first-order valence-electron chi connectivity index (χ1n) is 7.07. The summed E-state index contributed by atoms with van der Waals surface area (Å²) in [6, 6.07) is 0.0755. The predicted molar refractivity (Wildman–Crippen MR) is 78.2 cm³/mol. The third-order valence-corrected chi connectivity index (χ3v) is 4.70. The third kappa shape index (κ3) is 3.14. The van der Waals surface area contributed by atoms with Crippen molar-refractivity contribution >= 4 is 11.8 Å². The topological polar surface area (TPSA) is 67.4 Å². The van der Waals surface area contributed by atoms with Crippen molar-refractivity contribution < 1.29 is 14.3 Å². The van der Waals surface area contributed by atoms with Gasteiger partial charge in [-0.2, -0.15) is 0 Å². The summed E-state index contributed by atoms with van der Waals surface area (Å²) in [6.45, 7) is 11.7. The maximum atomic E-state index is 11.9. The smallest absolute Gasteiger partial charge is 0.239 e. The van der Waals surface area contributed by atoms with Gasteiger partial charge >= 0.3 is 0 Å². The van der Waals surface area contributed by atoms with E-state index >= 15 is 0 Å². The number of amides is 2. The number of hydrogen-bond donors (Lipinski definition) is 2. The normalized spacial score (nSPS) is 28.4. The number of ether oxygens (including phenoxy) is 1. The molecular formula is C15H28N2O3. The molecule has 2 N–H and O–H groups in total. The molecule has 0 spiro atoms. The zero-order chi connectivity index (χ0) is 15.8. The molecule has 1 fully saturated rings. The van der Waals surface area contributed by atoms with Gasteiger partial charge in [-0.1, -0.05) is 34.6 Å². The maximum Gasteiger partial charge on any atom is 0.239 e. The summed E-state index contributed by atoms with van der Waals surface area (Å²) in [5.41, 5.74) is -0.810. The molecule has 0 aliphatic heterocycles. The van der Waals surface area contributed by atoms with Crippen LogP contribution in [-0.4, -0.2) is 37.1 Å². The molecule has 116 valence electrons. The van der Waals surface area contributed by atoms with Crippen LogP contribution in [0.5, 0.6) is 0 Å². The van der Waals surface area contributed by atoms with Crippen molar-refractivity contribution in [1.82, 2.24) is 10.6 Å². The van der Waals surface area contributed by atoms with Gasteiger partial charge in [-0.25, -0.2) is 0 Å². The lowest BCUT2D eigenvalue weighted by Crippen LogP contribution is -2.69. The molecule has 0 saturated heterocycles. The quantitative estimate of drug-likeness (QED) is 0.821. The van der Waals surface area contributed by atoms with E-state index in [1.165, 1.54) is 0 Å². The summed E-state index contributed by atoms with van der Waals surface area (Å²) >= 11 is 0. The fraction of sp³-hybridized carbons (Fsp3) is 0.867. The molecule has 1 rings (SSSR count). The van der Waals surface area contributed by atoms with Crippen LogP contribution >= 0.6 is 0 Å². The molecule has 0 unspecified atom stereocenters. The number of hydrogen-bond acceptors (Lipinski definition) is 3. The lowest BCUT2D eigenvalue weighted by Gasteiger charge is -2.59. The van der Waals surface area contributed by atoms with E-state index < -0.39 is 5.41 Å². The number of carbonyl (C=O) groups excluding carboxylic acids is 2. The molecule has 5 nitrogen and oxygen atoms in total. The van der Waals surface area contributed by atoms with Gasteiger partial charge in [-0.05, 0) is 13.3 Å². The fourth-order valence-electron chi connectivity index (χ4n) is 2.39. The van der Waals surface area contributed by atoms with Crippen molar-refractivity contribution in [1.29, 1.82) is 0 Å². The van der Waals surface area contributed by atoms with E-state index in [1.54, 1.807) is 7.11 Å². The minimum atomic E-state index is -0.482. The molecule has 0 bridgehead atoms. The largest absolute Gasteiger partial charge is 0.378 e. The van der Waals surface area contributed by atoms with Gasteiger partial charge in [-0.3, -0.25) is 9.59 Å². The standard InChI is InChI=1S/C15H28N2O3/c1-13(2,3)12(19)16-9-11(18)17-10-8-15(6,20-7)14(10,4)5/h10H,8-9H2,1-7H3,(H,16,19)(H,17,18)/t10-,15+/m0/s1. The van der Waals surface area contributed by atoms with Crippen LogP contribution in [0.4, 0.5) is 0 Å². The summed E-state index contributed by atoms with van der Waals surface area (Å²) in [6.07, 6.45) is 0.787. The van der Waals surface area contributed by atoms with Crippen molar-refractivity contribution in [2.45, 2.75) is 59.6 Å². The Labute approximate surface area is 121 Å². The number of methoxy groups -OCH3 is 1. The monoisotopic (exact) mass is 284 g/mol. The summed E-state index contributed by atoms with van der Waals surface area (Å²) in [7, 11) is 1.70. The highest BCUT2D eigenvalue weighted by atomic mass is 16.5. The van der Waals surface area contributed by atoms with Gasteiger partial charge in [-0.15, -0.1) is 0 Å². The van der Waals surface area contributed by atoms with Crippen LogP contribution in [0, 0.1) is 10.8 Å². The molecule has 1 saturated carbocycles. The molecule has 0 aromatic rings. The second-order valence-electron chi connectivity index (χ2n) is 7.41. The van der Waals surface area contributed by atoms with Crippen LogP contribution in [0.25, 0.3) is 0 Å². The van der Waals surface area contributed by atoms with Gasteiger partial charge in [0.2, 0.25) is 11.8 Å². The first kappa shape index (κ1) is 17.0.